The second kappa shape index (κ2) is 6.71. The maximum Gasteiger partial charge on any atom is 0.334 e. The van der Waals surface area contributed by atoms with Gasteiger partial charge >= 0.3 is 5.97 Å². The van der Waals surface area contributed by atoms with Gasteiger partial charge in [0.15, 0.2) is 0 Å². The van der Waals surface area contributed by atoms with Crippen LogP contribution in [0.3, 0.4) is 0 Å². The van der Waals surface area contributed by atoms with Crippen molar-refractivity contribution in [2.24, 2.45) is 0 Å². The summed E-state index contributed by atoms with van der Waals surface area (Å²) in [6.07, 6.45) is 1.73. The maximum absolute atomic E-state index is 11.5. The Morgan fingerprint density at radius 2 is 2.19 bits per heavy atom. The summed E-state index contributed by atoms with van der Waals surface area (Å²) in [5, 5.41) is 1.06. The molecule has 16 heavy (non-hydrogen) atoms. The molecular weight excluding hydrogens is 291 g/mol. The molecule has 2 nitrogen and oxygen atoms in total. The minimum absolute atomic E-state index is 0.320. The van der Waals surface area contributed by atoms with E-state index in [2.05, 4.69) is 15.9 Å². The fraction of sp³-hybridized carbons (Fsp3) is 0.250. The van der Waals surface area contributed by atoms with Crippen LogP contribution in [-0.4, -0.2) is 17.9 Å². The number of carbonyl (C=O) groups excluding carboxylic acids is 1. The minimum atomic E-state index is -0.320. The Kier molecular flexibility index (Phi) is 5.56. The van der Waals surface area contributed by atoms with E-state index in [0.29, 0.717) is 22.5 Å². The van der Waals surface area contributed by atoms with E-state index in [9.17, 15) is 4.79 Å². The maximum atomic E-state index is 11.5. The molecule has 0 amide bonds. The van der Waals surface area contributed by atoms with Crippen LogP contribution >= 0.6 is 27.5 Å². The van der Waals surface area contributed by atoms with Crippen LogP contribution in [-0.2, 0) is 9.53 Å². The van der Waals surface area contributed by atoms with Crippen molar-refractivity contribution in [1.29, 1.82) is 0 Å². The van der Waals surface area contributed by atoms with Crippen molar-refractivity contribution in [1.82, 2.24) is 0 Å². The first kappa shape index (κ1) is 13.3. The third-order valence-electron chi connectivity index (χ3n) is 1.92. The van der Waals surface area contributed by atoms with Crippen molar-refractivity contribution in [2.45, 2.75) is 6.92 Å². The van der Waals surface area contributed by atoms with E-state index in [-0.39, 0.29) is 5.97 Å². The second-order valence-electron chi connectivity index (χ2n) is 3.05. The largest absolute Gasteiger partial charge is 0.463 e. The van der Waals surface area contributed by atoms with Gasteiger partial charge in [-0.1, -0.05) is 45.7 Å². The van der Waals surface area contributed by atoms with Crippen molar-refractivity contribution in [3.8, 4) is 0 Å². The highest BCUT2D eigenvalue weighted by Gasteiger charge is 2.09. The highest BCUT2D eigenvalue weighted by molar-refractivity contribution is 9.09. The highest BCUT2D eigenvalue weighted by atomic mass is 79.9. The molecule has 0 bridgehead atoms. The summed E-state index contributed by atoms with van der Waals surface area (Å²) in [6, 6.07) is 7.35. The predicted molar refractivity (Wildman–Crippen MR) is 69.9 cm³/mol. The molecule has 0 saturated heterocycles. The van der Waals surface area contributed by atoms with Gasteiger partial charge in [0.05, 0.1) is 6.61 Å². The second-order valence-corrected chi connectivity index (χ2v) is 4.01. The van der Waals surface area contributed by atoms with E-state index in [1.165, 1.54) is 0 Å². The molecule has 86 valence electrons. The summed E-state index contributed by atoms with van der Waals surface area (Å²) in [7, 11) is 0. The summed E-state index contributed by atoms with van der Waals surface area (Å²) in [5.41, 5.74) is 1.36. The molecule has 0 atom stereocenters. The lowest BCUT2D eigenvalue weighted by Gasteiger charge is -2.04. The zero-order valence-electron chi connectivity index (χ0n) is 8.87. The molecular formula is C12H12BrClO2. The molecule has 0 heterocycles. The normalized spacial score (nSPS) is 11.3. The van der Waals surface area contributed by atoms with E-state index >= 15 is 0 Å². The number of benzene rings is 1. The number of hydrogen-bond donors (Lipinski definition) is 0. The van der Waals surface area contributed by atoms with Gasteiger partial charge < -0.3 is 4.74 Å². The third kappa shape index (κ3) is 3.65. The van der Waals surface area contributed by atoms with Crippen molar-refractivity contribution in [3.63, 3.8) is 0 Å². The standard InChI is InChI=1S/C12H12BrClO2/c1-2-16-12(15)10(8-13)7-9-5-3-4-6-11(9)14/h3-7H,2,8H2,1H3/b10-7+. The number of rotatable bonds is 4. The van der Waals surface area contributed by atoms with Gasteiger partial charge in [0.2, 0.25) is 0 Å². The Hall–Kier alpha value is -0.800. The monoisotopic (exact) mass is 302 g/mol. The molecule has 0 unspecified atom stereocenters. The Morgan fingerprint density at radius 1 is 1.50 bits per heavy atom. The van der Waals surface area contributed by atoms with Crippen LogP contribution in [0, 0.1) is 0 Å². The van der Waals surface area contributed by atoms with E-state index < -0.39 is 0 Å². The molecule has 0 saturated carbocycles. The summed E-state index contributed by atoms with van der Waals surface area (Å²) < 4.78 is 4.93. The molecule has 0 fully saturated rings. The van der Waals surface area contributed by atoms with E-state index in [1.807, 2.05) is 18.2 Å². The van der Waals surface area contributed by atoms with Gasteiger partial charge in [-0.3, -0.25) is 0 Å². The molecule has 0 aliphatic rings. The average molecular weight is 304 g/mol. The van der Waals surface area contributed by atoms with Gasteiger partial charge in [-0.05, 0) is 24.6 Å². The Morgan fingerprint density at radius 3 is 2.75 bits per heavy atom. The SMILES string of the molecule is CCOC(=O)/C(=C/c1ccccc1Cl)CBr. The summed E-state index contributed by atoms with van der Waals surface area (Å²) in [4.78, 5) is 11.5. The Labute approximate surface area is 108 Å². The molecule has 1 aromatic carbocycles. The van der Waals surface area contributed by atoms with Crippen LogP contribution in [0.2, 0.25) is 5.02 Å². The Balaban J connectivity index is 2.96. The van der Waals surface area contributed by atoms with Crippen LogP contribution in [0.5, 0.6) is 0 Å². The van der Waals surface area contributed by atoms with Crippen molar-refractivity contribution < 1.29 is 9.53 Å². The van der Waals surface area contributed by atoms with Gasteiger partial charge in [0.25, 0.3) is 0 Å². The zero-order chi connectivity index (χ0) is 12.0. The number of carbonyl (C=O) groups is 1. The molecule has 1 aromatic rings. The average Bonchev–Trinajstić information content (AvgIpc) is 2.28. The number of esters is 1. The molecule has 0 aromatic heterocycles. The first-order chi connectivity index (χ1) is 7.69. The van der Waals surface area contributed by atoms with Crippen LogP contribution < -0.4 is 0 Å². The van der Waals surface area contributed by atoms with Crippen molar-refractivity contribution in [2.75, 3.05) is 11.9 Å². The lowest BCUT2D eigenvalue weighted by atomic mass is 10.1. The smallest absolute Gasteiger partial charge is 0.334 e. The lowest BCUT2D eigenvalue weighted by Crippen LogP contribution is -2.08. The number of alkyl halides is 1. The van der Waals surface area contributed by atoms with Gasteiger partial charge in [-0.25, -0.2) is 4.79 Å². The number of halogens is 2. The topological polar surface area (TPSA) is 26.3 Å². The van der Waals surface area contributed by atoms with Gasteiger partial charge in [-0.2, -0.15) is 0 Å². The van der Waals surface area contributed by atoms with Gasteiger partial charge in [-0.15, -0.1) is 0 Å². The molecule has 0 spiro atoms. The summed E-state index contributed by atoms with van der Waals surface area (Å²) in [5.74, 6) is -0.320. The first-order valence-electron chi connectivity index (χ1n) is 4.87. The quantitative estimate of drug-likeness (QED) is 0.482. The first-order valence-corrected chi connectivity index (χ1v) is 6.37. The highest BCUT2D eigenvalue weighted by Crippen LogP contribution is 2.19. The number of hydrogen-bond acceptors (Lipinski definition) is 2. The summed E-state index contributed by atoms with van der Waals surface area (Å²) in [6.45, 7) is 2.14. The Bertz CT molecular complexity index is 402. The zero-order valence-corrected chi connectivity index (χ0v) is 11.2. The van der Waals surface area contributed by atoms with Crippen LogP contribution in [0.1, 0.15) is 12.5 Å². The minimum Gasteiger partial charge on any atom is -0.463 e. The van der Waals surface area contributed by atoms with Crippen LogP contribution in [0.15, 0.2) is 29.8 Å². The van der Waals surface area contributed by atoms with E-state index in [4.69, 9.17) is 16.3 Å². The van der Waals surface area contributed by atoms with E-state index in [1.54, 1.807) is 19.1 Å². The van der Waals surface area contributed by atoms with E-state index in [0.717, 1.165) is 5.56 Å². The molecule has 0 radical (unpaired) electrons. The molecule has 0 N–H and O–H groups in total. The fourth-order valence-electron chi connectivity index (χ4n) is 1.16. The molecule has 4 heteroatoms. The van der Waals surface area contributed by atoms with Gasteiger partial charge in [0.1, 0.15) is 0 Å². The molecule has 1 rings (SSSR count). The number of ether oxygens (including phenoxy) is 1. The fourth-order valence-corrected chi connectivity index (χ4v) is 1.74. The molecule has 0 aliphatic heterocycles. The summed E-state index contributed by atoms with van der Waals surface area (Å²) >= 11 is 9.25. The van der Waals surface area contributed by atoms with Crippen molar-refractivity contribution >= 4 is 39.6 Å². The van der Waals surface area contributed by atoms with Crippen LogP contribution in [0.25, 0.3) is 6.08 Å². The lowest BCUT2D eigenvalue weighted by molar-refractivity contribution is -0.138. The third-order valence-corrected chi connectivity index (χ3v) is 2.86. The van der Waals surface area contributed by atoms with Gasteiger partial charge in [0, 0.05) is 15.9 Å². The predicted octanol–water partition coefficient (Wildman–Crippen LogP) is 3.68. The van der Waals surface area contributed by atoms with Crippen molar-refractivity contribution in [3.05, 3.63) is 40.4 Å². The van der Waals surface area contributed by atoms with Crippen LogP contribution in [0.4, 0.5) is 0 Å². The molecule has 0 aliphatic carbocycles.